The highest BCUT2D eigenvalue weighted by atomic mass is 79.9. The van der Waals surface area contributed by atoms with Gasteiger partial charge in [-0.25, -0.2) is 0 Å². The molecule has 1 unspecified atom stereocenters. The molecule has 33 heavy (non-hydrogen) atoms. The van der Waals surface area contributed by atoms with E-state index in [4.69, 9.17) is 13.9 Å². The summed E-state index contributed by atoms with van der Waals surface area (Å²) >= 11 is 3.44. The van der Waals surface area contributed by atoms with Crippen molar-refractivity contribution in [2.75, 3.05) is 19.1 Å². The van der Waals surface area contributed by atoms with E-state index in [2.05, 4.69) is 15.9 Å². The van der Waals surface area contributed by atoms with E-state index in [-0.39, 0.29) is 17.1 Å². The van der Waals surface area contributed by atoms with E-state index in [1.54, 1.807) is 43.4 Å². The lowest BCUT2D eigenvalue weighted by Gasteiger charge is -2.26. The van der Waals surface area contributed by atoms with E-state index < -0.39 is 6.04 Å². The summed E-state index contributed by atoms with van der Waals surface area (Å²) in [5, 5.41) is 0.449. The summed E-state index contributed by atoms with van der Waals surface area (Å²) in [5.74, 6) is 0.751. The third kappa shape index (κ3) is 3.40. The van der Waals surface area contributed by atoms with Crippen LogP contribution in [0.4, 0.5) is 5.69 Å². The topological polar surface area (TPSA) is 69.0 Å². The Hall–Kier alpha value is -3.58. The molecule has 1 aromatic heterocycles. The summed E-state index contributed by atoms with van der Waals surface area (Å²) in [6, 6.07) is 17.4. The lowest BCUT2D eigenvalue weighted by molar-refractivity contribution is 0.0971. The molecule has 166 valence electrons. The number of amides is 1. The van der Waals surface area contributed by atoms with Crippen LogP contribution in [0.2, 0.25) is 0 Å². The number of carbonyl (C=O) groups excluding carboxylic acids is 1. The van der Waals surface area contributed by atoms with E-state index in [0.717, 1.165) is 10.0 Å². The summed E-state index contributed by atoms with van der Waals surface area (Å²) in [6.45, 7) is 1.91. The molecule has 0 spiro atoms. The highest BCUT2D eigenvalue weighted by molar-refractivity contribution is 9.10. The molecule has 1 aliphatic heterocycles. The molecular weight excluding hydrogens is 486 g/mol. The van der Waals surface area contributed by atoms with Crippen molar-refractivity contribution in [2.24, 2.45) is 0 Å². The fourth-order valence-corrected chi connectivity index (χ4v) is 4.56. The minimum Gasteiger partial charge on any atom is -0.493 e. The quantitative estimate of drug-likeness (QED) is 0.359. The Morgan fingerprint density at radius 3 is 2.33 bits per heavy atom. The molecule has 4 aromatic rings. The number of hydrogen-bond acceptors (Lipinski definition) is 5. The van der Waals surface area contributed by atoms with Gasteiger partial charge in [0.1, 0.15) is 5.58 Å². The van der Waals surface area contributed by atoms with Gasteiger partial charge in [-0.05, 0) is 61.0 Å². The van der Waals surface area contributed by atoms with Crippen LogP contribution in [0, 0.1) is 6.92 Å². The van der Waals surface area contributed by atoms with Crippen molar-refractivity contribution in [3.8, 4) is 11.5 Å². The number of rotatable bonds is 4. The second kappa shape index (κ2) is 8.08. The van der Waals surface area contributed by atoms with Crippen LogP contribution in [0.3, 0.4) is 0 Å². The van der Waals surface area contributed by atoms with Crippen molar-refractivity contribution in [1.29, 1.82) is 0 Å². The van der Waals surface area contributed by atoms with Gasteiger partial charge in [0.25, 0.3) is 5.91 Å². The Balaban J connectivity index is 1.81. The molecule has 0 aliphatic carbocycles. The lowest BCUT2D eigenvalue weighted by atomic mass is 9.97. The van der Waals surface area contributed by atoms with Gasteiger partial charge in [-0.1, -0.05) is 33.6 Å². The zero-order chi connectivity index (χ0) is 23.3. The minimum absolute atomic E-state index is 0.0547. The first-order valence-corrected chi connectivity index (χ1v) is 11.1. The third-order valence-electron chi connectivity index (χ3n) is 5.85. The molecule has 0 fully saturated rings. The molecule has 0 saturated carbocycles. The molecule has 0 N–H and O–H groups in total. The van der Waals surface area contributed by atoms with Gasteiger partial charge in [-0.3, -0.25) is 14.5 Å². The molecule has 0 radical (unpaired) electrons. The number of ether oxygens (including phenoxy) is 2. The SMILES string of the molecule is COc1ccc(C2c3c(oc4ccc(C)cc4c3=O)C(=O)N2c2ccc(Br)cc2)cc1OC. The van der Waals surface area contributed by atoms with E-state index in [0.29, 0.717) is 39.3 Å². The number of aryl methyl sites for hydroxylation is 1. The van der Waals surface area contributed by atoms with Gasteiger partial charge >= 0.3 is 0 Å². The first-order valence-electron chi connectivity index (χ1n) is 10.3. The summed E-state index contributed by atoms with van der Waals surface area (Å²) in [7, 11) is 3.11. The Bertz CT molecular complexity index is 1460. The number of anilines is 1. The van der Waals surface area contributed by atoms with Crippen LogP contribution in [0.25, 0.3) is 11.0 Å². The number of carbonyl (C=O) groups is 1. The van der Waals surface area contributed by atoms with Gasteiger partial charge in [0.15, 0.2) is 16.9 Å². The van der Waals surface area contributed by atoms with Crippen LogP contribution < -0.4 is 19.8 Å². The van der Waals surface area contributed by atoms with Crippen molar-refractivity contribution in [1.82, 2.24) is 0 Å². The van der Waals surface area contributed by atoms with Crippen LogP contribution in [-0.2, 0) is 0 Å². The van der Waals surface area contributed by atoms with Gasteiger partial charge in [-0.15, -0.1) is 0 Å². The maximum absolute atomic E-state index is 13.7. The summed E-state index contributed by atoms with van der Waals surface area (Å²) in [6.07, 6.45) is 0. The Morgan fingerprint density at radius 2 is 1.64 bits per heavy atom. The molecule has 1 amide bonds. The summed E-state index contributed by atoms with van der Waals surface area (Å²) in [5.41, 5.74) is 2.78. The number of nitrogens with zero attached hydrogens (tertiary/aromatic N) is 1. The normalized spacial score (nSPS) is 15.1. The molecule has 7 heteroatoms. The van der Waals surface area contributed by atoms with Crippen molar-refractivity contribution in [2.45, 2.75) is 13.0 Å². The van der Waals surface area contributed by atoms with Gasteiger partial charge in [0.2, 0.25) is 5.76 Å². The monoisotopic (exact) mass is 505 g/mol. The van der Waals surface area contributed by atoms with Crippen LogP contribution >= 0.6 is 15.9 Å². The molecule has 6 nitrogen and oxygen atoms in total. The van der Waals surface area contributed by atoms with Gasteiger partial charge in [0, 0.05) is 10.2 Å². The molecule has 0 bridgehead atoms. The number of benzene rings is 3. The highest BCUT2D eigenvalue weighted by Gasteiger charge is 2.43. The largest absolute Gasteiger partial charge is 0.493 e. The Morgan fingerprint density at radius 1 is 0.909 bits per heavy atom. The summed E-state index contributed by atoms with van der Waals surface area (Å²) in [4.78, 5) is 28.9. The maximum atomic E-state index is 13.7. The van der Waals surface area contributed by atoms with Crippen molar-refractivity contribution in [3.05, 3.63) is 97.8 Å². The zero-order valence-electron chi connectivity index (χ0n) is 18.2. The fraction of sp³-hybridized carbons (Fsp3) is 0.154. The minimum atomic E-state index is -0.686. The predicted octanol–water partition coefficient (Wildman–Crippen LogP) is 5.63. The first kappa shape index (κ1) is 21.3. The van der Waals surface area contributed by atoms with Crippen molar-refractivity contribution >= 4 is 38.5 Å². The van der Waals surface area contributed by atoms with Crippen LogP contribution in [0.15, 0.2) is 74.3 Å². The number of methoxy groups -OCH3 is 2. The molecule has 1 atom stereocenters. The second-order valence-electron chi connectivity index (χ2n) is 7.84. The molecule has 1 aliphatic rings. The number of hydrogen-bond donors (Lipinski definition) is 0. The number of halogens is 1. The van der Waals surface area contributed by atoms with Crippen LogP contribution in [0.5, 0.6) is 11.5 Å². The van der Waals surface area contributed by atoms with Crippen molar-refractivity contribution < 1.29 is 18.7 Å². The van der Waals surface area contributed by atoms with Crippen LogP contribution in [-0.4, -0.2) is 20.1 Å². The van der Waals surface area contributed by atoms with Crippen molar-refractivity contribution in [3.63, 3.8) is 0 Å². The average Bonchev–Trinajstić information content (AvgIpc) is 3.12. The lowest BCUT2D eigenvalue weighted by Crippen LogP contribution is -2.29. The summed E-state index contributed by atoms with van der Waals surface area (Å²) < 4.78 is 17.8. The van der Waals surface area contributed by atoms with Crippen LogP contribution in [0.1, 0.15) is 33.3 Å². The Labute approximate surface area is 198 Å². The molecule has 2 heterocycles. The molecular formula is C26H20BrNO5. The molecule has 5 rings (SSSR count). The fourth-order valence-electron chi connectivity index (χ4n) is 4.29. The third-order valence-corrected chi connectivity index (χ3v) is 6.38. The second-order valence-corrected chi connectivity index (χ2v) is 8.76. The zero-order valence-corrected chi connectivity index (χ0v) is 19.8. The predicted molar refractivity (Wildman–Crippen MR) is 130 cm³/mol. The maximum Gasteiger partial charge on any atom is 0.295 e. The van der Waals surface area contributed by atoms with E-state index in [1.807, 2.05) is 43.3 Å². The van der Waals surface area contributed by atoms with Gasteiger partial charge in [0.05, 0.1) is 31.2 Å². The van der Waals surface area contributed by atoms with Gasteiger partial charge < -0.3 is 13.9 Å². The molecule has 3 aromatic carbocycles. The van der Waals surface area contributed by atoms with E-state index in [9.17, 15) is 9.59 Å². The first-order chi connectivity index (χ1) is 15.9. The standard InChI is InChI=1S/C26H20BrNO5/c1-14-4-10-19-18(12-14)24(29)22-23(15-5-11-20(31-2)21(13-15)32-3)28(26(30)25(22)33-19)17-8-6-16(27)7-9-17/h4-13,23H,1-3H3. The highest BCUT2D eigenvalue weighted by Crippen LogP contribution is 2.43. The number of fused-ring (bicyclic) bond motifs is 2. The van der Waals surface area contributed by atoms with E-state index >= 15 is 0 Å². The van der Waals surface area contributed by atoms with E-state index in [1.165, 1.54) is 0 Å². The van der Waals surface area contributed by atoms with Gasteiger partial charge in [-0.2, -0.15) is 0 Å². The Kier molecular flexibility index (Phi) is 5.21. The smallest absolute Gasteiger partial charge is 0.295 e. The average molecular weight is 506 g/mol. The molecule has 0 saturated heterocycles.